The molecule has 0 bridgehead atoms. The van der Waals surface area contributed by atoms with Crippen LogP contribution < -0.4 is 15.5 Å². The molecule has 0 aliphatic rings. The Morgan fingerprint density at radius 3 is 2.03 bits per heavy atom. The van der Waals surface area contributed by atoms with Crippen molar-refractivity contribution in [3.8, 4) is 0 Å². The number of carbonyl (C=O) groups is 4. The first-order valence-corrected chi connectivity index (χ1v) is 12.2. The number of benzene rings is 1. The van der Waals surface area contributed by atoms with Crippen molar-refractivity contribution in [2.75, 3.05) is 23.9 Å². The Kier molecular flexibility index (Phi) is 11.7. The second kappa shape index (κ2) is 12.7. The molecule has 0 aromatic heterocycles. The monoisotopic (exact) mass is 789 g/mol. The van der Waals surface area contributed by atoms with E-state index in [1.165, 1.54) is 25.8 Å². The maximum absolute atomic E-state index is 13.1. The molecule has 0 saturated carbocycles. The number of nitrogens with zero attached hydrogens (tertiary/aromatic N) is 1. The van der Waals surface area contributed by atoms with E-state index in [0.29, 0.717) is 16.4 Å². The maximum atomic E-state index is 13.1. The molecule has 4 atom stereocenters. The normalized spacial score (nSPS) is 14.7. The molecular weight excluding hydrogens is 767 g/mol. The van der Waals surface area contributed by atoms with E-state index in [1.807, 2.05) is 67.8 Å². The van der Waals surface area contributed by atoms with E-state index in [1.54, 1.807) is 0 Å². The van der Waals surface area contributed by atoms with Crippen LogP contribution in [0.3, 0.4) is 0 Å². The third-order valence-corrected chi connectivity index (χ3v) is 7.55. The highest BCUT2D eigenvalue weighted by molar-refractivity contribution is 14.1. The molecule has 1 rings (SSSR count). The summed E-state index contributed by atoms with van der Waals surface area (Å²) in [7, 11) is 1.50. The van der Waals surface area contributed by atoms with Crippen molar-refractivity contribution in [2.45, 2.75) is 38.2 Å². The number of hydrogen-bond donors (Lipinski definition) is 6. The van der Waals surface area contributed by atoms with E-state index in [0.717, 1.165) is 0 Å². The smallest absolute Gasteiger partial charge is 0.254 e. The van der Waals surface area contributed by atoms with Gasteiger partial charge in [0.1, 0.15) is 30.6 Å². The minimum Gasteiger partial charge on any atom is -0.394 e. The number of aliphatic hydroxyl groups excluding tert-OH is 4. The molecule has 0 fully saturated rings. The molecule has 14 heteroatoms. The molecule has 178 valence electrons. The van der Waals surface area contributed by atoms with Crippen molar-refractivity contribution in [2.24, 2.45) is 0 Å². The van der Waals surface area contributed by atoms with Crippen molar-refractivity contribution in [3.05, 3.63) is 16.3 Å². The molecular formula is C18H22I3N3O8. The van der Waals surface area contributed by atoms with Crippen LogP contribution in [0.25, 0.3) is 0 Å². The van der Waals surface area contributed by atoms with E-state index in [9.17, 15) is 34.5 Å². The minimum absolute atomic E-state index is 0.0229. The first kappa shape index (κ1) is 29.4. The van der Waals surface area contributed by atoms with Gasteiger partial charge in [-0.15, -0.1) is 0 Å². The Balaban J connectivity index is 3.57. The number of halogens is 3. The first-order chi connectivity index (χ1) is 14.8. The zero-order valence-corrected chi connectivity index (χ0v) is 23.6. The summed E-state index contributed by atoms with van der Waals surface area (Å²) in [5.41, 5.74) is 0.660. The van der Waals surface area contributed by atoms with Gasteiger partial charge in [0.05, 0.1) is 34.3 Å². The molecule has 0 aliphatic heterocycles. The van der Waals surface area contributed by atoms with E-state index in [-0.39, 0.29) is 23.4 Å². The second-order valence-electron chi connectivity index (χ2n) is 6.67. The van der Waals surface area contributed by atoms with Gasteiger partial charge < -0.3 is 40.8 Å². The predicted molar refractivity (Wildman–Crippen MR) is 140 cm³/mol. The summed E-state index contributed by atoms with van der Waals surface area (Å²) >= 11 is 5.65. The molecule has 6 N–H and O–H groups in total. The van der Waals surface area contributed by atoms with Crippen molar-refractivity contribution in [3.63, 3.8) is 0 Å². The van der Waals surface area contributed by atoms with Crippen LogP contribution in [0.5, 0.6) is 0 Å². The second-order valence-corrected chi connectivity index (χ2v) is 9.90. The van der Waals surface area contributed by atoms with Crippen molar-refractivity contribution >= 4 is 103 Å². The Morgan fingerprint density at radius 1 is 1.03 bits per heavy atom. The Bertz CT molecular complexity index is 914. The summed E-state index contributed by atoms with van der Waals surface area (Å²) in [6.07, 6.45) is -5.36. The molecule has 0 saturated heterocycles. The lowest BCUT2D eigenvalue weighted by Crippen LogP contribution is -2.53. The molecule has 11 nitrogen and oxygen atoms in total. The summed E-state index contributed by atoms with van der Waals surface area (Å²) in [4.78, 5) is 49.6. The lowest BCUT2D eigenvalue weighted by atomic mass is 10.0. The van der Waals surface area contributed by atoms with Crippen LogP contribution in [0.15, 0.2) is 0 Å². The molecule has 0 radical (unpaired) electrons. The molecule has 0 spiro atoms. The topological polar surface area (TPSA) is 176 Å². The van der Waals surface area contributed by atoms with E-state index in [4.69, 9.17) is 5.11 Å². The standard InChI is InChI=1S/C18H22I3N3O8/c1-6(27)22-14-11(19)10(12(20)15(13(14)21)24(3)7(2)28)18(32)23-8(4-25)16(30)17(31)9(29)5-26/h4,8-9,16-17,26,29-31H,5H2,1-3H3,(H,22,27)(H,23,32). The summed E-state index contributed by atoms with van der Waals surface area (Å²) in [5, 5.41) is 43.4. The summed E-state index contributed by atoms with van der Waals surface area (Å²) in [6.45, 7) is 1.74. The highest BCUT2D eigenvalue weighted by atomic mass is 127. The SMILES string of the molecule is CC(=O)Nc1c(I)c(C(=O)NC(C=O)C(O)C(O)C(O)CO)c(I)c(N(C)C(C)=O)c1I. The molecule has 32 heavy (non-hydrogen) atoms. The van der Waals surface area contributed by atoms with Crippen LogP contribution in [-0.2, 0) is 14.4 Å². The van der Waals surface area contributed by atoms with Crippen LogP contribution in [-0.4, -0.2) is 82.4 Å². The molecule has 0 aliphatic carbocycles. The lowest BCUT2D eigenvalue weighted by Gasteiger charge is -2.27. The van der Waals surface area contributed by atoms with Crippen LogP contribution in [0.1, 0.15) is 24.2 Å². The number of nitrogens with one attached hydrogen (secondary N) is 2. The molecule has 3 amide bonds. The lowest BCUT2D eigenvalue weighted by molar-refractivity contribution is -0.119. The summed E-state index contributed by atoms with van der Waals surface area (Å²) in [6, 6.07) is -1.62. The van der Waals surface area contributed by atoms with Gasteiger partial charge in [-0.25, -0.2) is 0 Å². The predicted octanol–water partition coefficient (Wildman–Crippen LogP) is -0.186. The van der Waals surface area contributed by atoms with Gasteiger partial charge >= 0.3 is 0 Å². The Hall–Kier alpha value is -0.670. The van der Waals surface area contributed by atoms with Crippen LogP contribution >= 0.6 is 67.8 Å². The fourth-order valence-electron chi connectivity index (χ4n) is 2.56. The minimum atomic E-state index is -1.91. The highest BCUT2D eigenvalue weighted by Gasteiger charge is 2.34. The van der Waals surface area contributed by atoms with Crippen LogP contribution in [0, 0.1) is 10.7 Å². The fourth-order valence-corrected chi connectivity index (χ4v) is 7.21. The van der Waals surface area contributed by atoms with E-state index in [2.05, 4.69) is 10.6 Å². The van der Waals surface area contributed by atoms with Crippen LogP contribution in [0.2, 0.25) is 0 Å². The number of aldehydes is 1. The van der Waals surface area contributed by atoms with Crippen molar-refractivity contribution < 1.29 is 39.6 Å². The third-order valence-electron chi connectivity index (χ3n) is 4.37. The zero-order chi connectivity index (χ0) is 24.9. The van der Waals surface area contributed by atoms with Gasteiger partial charge in [-0.3, -0.25) is 14.4 Å². The van der Waals surface area contributed by atoms with Gasteiger partial charge in [-0.2, -0.15) is 0 Å². The summed E-state index contributed by atoms with van der Waals surface area (Å²) in [5.74, 6) is -1.57. The van der Waals surface area contributed by atoms with Crippen molar-refractivity contribution in [1.82, 2.24) is 5.32 Å². The fraction of sp³-hybridized carbons (Fsp3) is 0.444. The molecule has 1 aromatic rings. The Morgan fingerprint density at radius 2 is 1.59 bits per heavy atom. The van der Waals surface area contributed by atoms with Gasteiger partial charge in [0.25, 0.3) is 5.91 Å². The van der Waals surface area contributed by atoms with E-state index < -0.39 is 42.8 Å². The van der Waals surface area contributed by atoms with Crippen molar-refractivity contribution in [1.29, 1.82) is 0 Å². The average molecular weight is 789 g/mol. The zero-order valence-electron chi connectivity index (χ0n) is 17.1. The highest BCUT2D eigenvalue weighted by Crippen LogP contribution is 2.40. The Labute approximate surface area is 224 Å². The number of anilines is 2. The number of hydrogen-bond acceptors (Lipinski definition) is 8. The van der Waals surface area contributed by atoms with Gasteiger partial charge in [0.2, 0.25) is 11.8 Å². The van der Waals surface area contributed by atoms with Crippen LogP contribution in [0.4, 0.5) is 11.4 Å². The van der Waals surface area contributed by atoms with Gasteiger partial charge in [0, 0.05) is 20.9 Å². The molecule has 4 unspecified atom stereocenters. The largest absolute Gasteiger partial charge is 0.394 e. The van der Waals surface area contributed by atoms with Gasteiger partial charge in [-0.1, -0.05) is 0 Å². The van der Waals surface area contributed by atoms with Gasteiger partial charge in [0.15, 0.2) is 0 Å². The number of carbonyl (C=O) groups excluding carboxylic acids is 4. The number of amides is 3. The maximum Gasteiger partial charge on any atom is 0.254 e. The first-order valence-electron chi connectivity index (χ1n) is 8.93. The number of aliphatic hydroxyl groups is 4. The third kappa shape index (κ3) is 6.69. The number of rotatable bonds is 9. The molecule has 0 heterocycles. The quantitative estimate of drug-likeness (QED) is 0.148. The van der Waals surface area contributed by atoms with Gasteiger partial charge in [-0.05, 0) is 67.8 Å². The summed E-state index contributed by atoms with van der Waals surface area (Å²) < 4.78 is 1.17. The van der Waals surface area contributed by atoms with E-state index >= 15 is 0 Å². The molecule has 1 aromatic carbocycles. The average Bonchev–Trinajstić information content (AvgIpc) is 2.72.